The minimum absolute atomic E-state index is 0.536. The Kier molecular flexibility index (Phi) is 32.2. The molecule has 2 aliphatic carbocycles. The summed E-state index contributed by atoms with van der Waals surface area (Å²) in [7, 11) is 3.69. The fourth-order valence-corrected chi connectivity index (χ4v) is 5.52. The van der Waals surface area contributed by atoms with E-state index in [1.165, 1.54) is 154 Å². The molecule has 5 nitrogen and oxygen atoms in total. The molecule has 42 heavy (non-hydrogen) atoms. The Balaban J connectivity index is 0.000000476. The predicted molar refractivity (Wildman–Crippen MR) is 187 cm³/mol. The zero-order valence-corrected chi connectivity index (χ0v) is 28.7. The number of aryl methyl sites for hydroxylation is 1. The number of nitrogens with one attached hydrogen (secondary N) is 1. The molecule has 0 radical (unpaired) electrons. The van der Waals surface area contributed by atoms with Crippen LogP contribution in [0, 0.1) is 5.92 Å². The molecule has 0 bridgehead atoms. The summed E-state index contributed by atoms with van der Waals surface area (Å²) in [6.45, 7) is 11.6. The number of ether oxygens (including phenoxy) is 1. The number of piperidine rings is 2. The molecule has 0 atom stereocenters. The van der Waals surface area contributed by atoms with Gasteiger partial charge in [0.2, 0.25) is 0 Å². The van der Waals surface area contributed by atoms with Crippen molar-refractivity contribution in [1.82, 2.24) is 10.2 Å². The van der Waals surface area contributed by atoms with Gasteiger partial charge in [0.15, 0.2) is 0 Å². The van der Waals surface area contributed by atoms with Crippen molar-refractivity contribution < 1.29 is 4.74 Å². The van der Waals surface area contributed by atoms with Crippen molar-refractivity contribution >= 4 is 0 Å². The maximum absolute atomic E-state index is 5.63. The lowest BCUT2D eigenvalue weighted by atomic mass is 9.97. The second-order valence-electron chi connectivity index (χ2n) is 12.5. The highest BCUT2D eigenvalue weighted by atomic mass is 16.5. The van der Waals surface area contributed by atoms with Gasteiger partial charge in [0.05, 0.1) is 0 Å². The number of hydrogen-bond acceptors (Lipinski definition) is 5. The van der Waals surface area contributed by atoms with E-state index < -0.39 is 0 Å². The van der Waals surface area contributed by atoms with Gasteiger partial charge in [-0.05, 0) is 116 Å². The number of hydrogen-bond donors (Lipinski definition) is 3. The molecule has 5 aliphatic rings. The van der Waals surface area contributed by atoms with Crippen LogP contribution in [-0.4, -0.2) is 64.4 Å². The quantitative estimate of drug-likeness (QED) is 0.306. The molecule has 0 aromatic heterocycles. The van der Waals surface area contributed by atoms with Crippen molar-refractivity contribution in [2.45, 2.75) is 142 Å². The summed E-state index contributed by atoms with van der Waals surface area (Å²) in [6.07, 6.45) is 26.2. The highest BCUT2D eigenvalue weighted by molar-refractivity contribution is 5.13. The highest BCUT2D eigenvalue weighted by Crippen LogP contribution is 2.23. The van der Waals surface area contributed by atoms with Gasteiger partial charge in [0.1, 0.15) is 0 Å². The number of likely N-dealkylation sites (tertiary alicyclic amines) is 1. The Morgan fingerprint density at radius 2 is 1.17 bits per heavy atom. The molecule has 3 heterocycles. The van der Waals surface area contributed by atoms with Crippen molar-refractivity contribution in [3.63, 3.8) is 0 Å². The summed E-state index contributed by atoms with van der Waals surface area (Å²) >= 11 is 0. The highest BCUT2D eigenvalue weighted by Gasteiger charge is 2.07. The van der Waals surface area contributed by atoms with E-state index >= 15 is 0 Å². The fourth-order valence-electron chi connectivity index (χ4n) is 5.52. The SMILES string of the molecule is C1CCNCC1.C1CCOCC1.CC1CCCC1.CCc1ccccc1.CN.CN1CCCCC1.NC1CCCCC1. The van der Waals surface area contributed by atoms with Gasteiger partial charge in [-0.15, -0.1) is 0 Å². The van der Waals surface area contributed by atoms with E-state index in [-0.39, 0.29) is 0 Å². The smallest absolute Gasteiger partial charge is 0.0466 e. The summed E-state index contributed by atoms with van der Waals surface area (Å²) in [6, 6.07) is 11.0. The van der Waals surface area contributed by atoms with Crippen LogP contribution >= 0.6 is 0 Å². The Morgan fingerprint density at radius 1 is 0.690 bits per heavy atom. The molecular formula is C37H74N4O. The van der Waals surface area contributed by atoms with Gasteiger partial charge in [0.25, 0.3) is 0 Å². The van der Waals surface area contributed by atoms with E-state index in [9.17, 15) is 0 Å². The molecule has 3 saturated heterocycles. The van der Waals surface area contributed by atoms with Crippen molar-refractivity contribution in [2.75, 3.05) is 53.5 Å². The zero-order chi connectivity index (χ0) is 30.9. The maximum Gasteiger partial charge on any atom is 0.0466 e. The van der Waals surface area contributed by atoms with E-state index in [4.69, 9.17) is 10.5 Å². The van der Waals surface area contributed by atoms with Gasteiger partial charge in [-0.2, -0.15) is 0 Å². The van der Waals surface area contributed by atoms with E-state index in [0.717, 1.165) is 25.6 Å². The average molecular weight is 591 g/mol. The van der Waals surface area contributed by atoms with Crippen LogP contribution < -0.4 is 16.8 Å². The number of benzene rings is 1. The Bertz CT molecular complexity index is 552. The van der Waals surface area contributed by atoms with E-state index in [0.29, 0.717) is 6.04 Å². The van der Waals surface area contributed by atoms with Crippen molar-refractivity contribution in [3.8, 4) is 0 Å². The Morgan fingerprint density at radius 3 is 1.40 bits per heavy atom. The number of rotatable bonds is 1. The van der Waals surface area contributed by atoms with Crippen LogP contribution in [0.15, 0.2) is 30.3 Å². The molecule has 6 rings (SSSR count). The molecule has 5 N–H and O–H groups in total. The van der Waals surface area contributed by atoms with Gasteiger partial charge < -0.3 is 26.4 Å². The molecule has 0 amide bonds. The third kappa shape index (κ3) is 29.1. The maximum atomic E-state index is 5.63. The third-order valence-electron chi connectivity index (χ3n) is 8.41. The lowest BCUT2D eigenvalue weighted by molar-refractivity contribution is 0.0968. The standard InChI is InChI=1S/C8H10.2C6H13N.C6H12.C5H11N.C5H10O.CH5N/c1-2-8-6-4-3-5-7-8;1-7-5-3-2-4-6-7;7-6-4-2-1-3-5-6;1-6-4-2-3-5-6;2*1-2-4-6-5-3-1;1-2/h3-7H,2H2,1H3;2-6H2,1H3;6H,1-5,7H2;6H,2-5H2,1H3;6H,1-5H2;1-5H2;2H2,1H3. The van der Waals surface area contributed by atoms with Gasteiger partial charge in [-0.25, -0.2) is 0 Å². The first-order valence-corrected chi connectivity index (χ1v) is 18.0. The minimum Gasteiger partial charge on any atom is -0.381 e. The topological polar surface area (TPSA) is 76.5 Å². The largest absolute Gasteiger partial charge is 0.381 e. The van der Waals surface area contributed by atoms with Gasteiger partial charge >= 0.3 is 0 Å². The molecule has 248 valence electrons. The second kappa shape index (κ2) is 32.9. The Hall–Kier alpha value is -0.980. The van der Waals surface area contributed by atoms with Crippen molar-refractivity contribution in [2.24, 2.45) is 17.4 Å². The molecular weight excluding hydrogens is 516 g/mol. The lowest BCUT2D eigenvalue weighted by Crippen LogP contribution is -2.24. The van der Waals surface area contributed by atoms with Crippen LogP contribution in [0.3, 0.4) is 0 Å². The average Bonchev–Trinajstić information content (AvgIpc) is 3.57. The number of nitrogens with two attached hydrogens (primary N) is 2. The zero-order valence-electron chi connectivity index (χ0n) is 28.7. The van der Waals surface area contributed by atoms with Crippen LogP contribution in [0.1, 0.15) is 135 Å². The van der Waals surface area contributed by atoms with Crippen molar-refractivity contribution in [1.29, 1.82) is 0 Å². The third-order valence-corrected chi connectivity index (χ3v) is 8.41. The summed E-state index contributed by atoms with van der Waals surface area (Å²) < 4.78 is 5.07. The first kappa shape index (κ1) is 41.0. The van der Waals surface area contributed by atoms with Gasteiger partial charge in [0, 0.05) is 19.3 Å². The molecule has 1 aromatic carbocycles. The second-order valence-corrected chi connectivity index (χ2v) is 12.5. The molecule has 5 fully saturated rings. The first-order valence-electron chi connectivity index (χ1n) is 18.0. The predicted octanol–water partition coefficient (Wildman–Crippen LogP) is 8.35. The summed E-state index contributed by atoms with van der Waals surface area (Å²) in [5, 5.41) is 3.28. The molecule has 2 saturated carbocycles. The van der Waals surface area contributed by atoms with Crippen LogP contribution in [0.5, 0.6) is 0 Å². The lowest BCUT2D eigenvalue weighted by Gasteiger charge is -2.20. The van der Waals surface area contributed by atoms with Crippen LogP contribution in [-0.2, 0) is 11.2 Å². The van der Waals surface area contributed by atoms with Crippen LogP contribution in [0.25, 0.3) is 0 Å². The fraction of sp³-hybridized carbons (Fsp3) is 0.838. The monoisotopic (exact) mass is 591 g/mol. The normalized spacial score (nSPS) is 20.8. The van der Waals surface area contributed by atoms with E-state index in [2.05, 4.69) is 61.1 Å². The van der Waals surface area contributed by atoms with Gasteiger partial charge in [-0.1, -0.05) is 102 Å². The van der Waals surface area contributed by atoms with Crippen LogP contribution in [0.4, 0.5) is 0 Å². The van der Waals surface area contributed by atoms with Gasteiger partial charge in [-0.3, -0.25) is 0 Å². The van der Waals surface area contributed by atoms with Crippen LogP contribution in [0.2, 0.25) is 0 Å². The minimum atomic E-state index is 0.536. The summed E-state index contributed by atoms with van der Waals surface area (Å²) in [5.41, 5.74) is 11.5. The number of nitrogens with zero attached hydrogens (tertiary/aromatic N) is 1. The Labute approximate surface area is 263 Å². The first-order chi connectivity index (χ1) is 20.6. The van der Waals surface area contributed by atoms with E-state index in [1.807, 2.05) is 6.07 Å². The van der Waals surface area contributed by atoms with E-state index in [1.54, 1.807) is 0 Å². The summed E-state index contributed by atoms with van der Waals surface area (Å²) in [5.74, 6) is 1.05. The molecule has 0 spiro atoms. The van der Waals surface area contributed by atoms with Crippen molar-refractivity contribution in [3.05, 3.63) is 35.9 Å². The molecule has 3 aliphatic heterocycles. The molecule has 0 unspecified atom stereocenters. The molecule has 5 heteroatoms. The summed E-state index contributed by atoms with van der Waals surface area (Å²) in [4.78, 5) is 2.39. The molecule has 1 aromatic rings.